The van der Waals surface area contributed by atoms with Crippen molar-refractivity contribution in [1.29, 1.82) is 0 Å². The molecule has 0 bridgehead atoms. The lowest BCUT2D eigenvalue weighted by Gasteiger charge is -2.21. The van der Waals surface area contributed by atoms with E-state index in [9.17, 15) is 0 Å². The summed E-state index contributed by atoms with van der Waals surface area (Å²) in [7, 11) is 0. The summed E-state index contributed by atoms with van der Waals surface area (Å²) in [6.45, 7) is 3.65. The zero-order valence-corrected chi connectivity index (χ0v) is 10.1. The van der Waals surface area contributed by atoms with Crippen molar-refractivity contribution in [3.8, 4) is 11.1 Å². The maximum atomic E-state index is 8.83. The molecule has 0 atom stereocenters. The van der Waals surface area contributed by atoms with Gasteiger partial charge in [-0.25, -0.2) is 4.89 Å². The first-order valence-electron chi connectivity index (χ1n) is 5.62. The van der Waals surface area contributed by atoms with E-state index >= 15 is 0 Å². The van der Waals surface area contributed by atoms with Crippen LogP contribution in [0.3, 0.4) is 0 Å². The third kappa shape index (κ3) is 2.54. The van der Waals surface area contributed by atoms with Crippen LogP contribution in [0.15, 0.2) is 54.6 Å². The molecule has 0 aliphatic heterocycles. The van der Waals surface area contributed by atoms with Crippen molar-refractivity contribution in [3.63, 3.8) is 0 Å². The lowest BCUT2D eigenvalue weighted by molar-refractivity contribution is -0.318. The molecule has 0 amide bonds. The average molecular weight is 228 g/mol. The molecule has 0 saturated carbocycles. The first kappa shape index (κ1) is 11.8. The lowest BCUT2D eigenvalue weighted by atomic mass is 9.95. The molecule has 88 valence electrons. The van der Waals surface area contributed by atoms with Crippen molar-refractivity contribution < 1.29 is 10.1 Å². The van der Waals surface area contributed by atoms with Crippen molar-refractivity contribution in [3.05, 3.63) is 60.2 Å². The largest absolute Gasteiger partial charge is 0.251 e. The molecule has 0 radical (unpaired) electrons. The smallest absolute Gasteiger partial charge is 0.123 e. The Hall–Kier alpha value is -1.64. The van der Waals surface area contributed by atoms with E-state index in [2.05, 4.69) is 17.0 Å². The minimum absolute atomic E-state index is 0.671. The van der Waals surface area contributed by atoms with Crippen LogP contribution in [-0.2, 0) is 10.5 Å². The second-order valence-corrected chi connectivity index (χ2v) is 4.54. The second-order valence-electron chi connectivity index (χ2n) is 4.54. The zero-order valence-electron chi connectivity index (χ0n) is 10.1. The molecule has 2 heteroatoms. The summed E-state index contributed by atoms with van der Waals surface area (Å²) in [5.74, 6) is 0. The molecule has 1 N–H and O–H groups in total. The molecule has 0 unspecified atom stereocenters. The van der Waals surface area contributed by atoms with Crippen LogP contribution in [0.2, 0.25) is 0 Å². The second kappa shape index (κ2) is 4.70. The molecule has 2 aromatic carbocycles. The van der Waals surface area contributed by atoms with Gasteiger partial charge in [0.2, 0.25) is 0 Å². The standard InChI is InChI=1S/C15H16O2/c1-15(2,17-16)14-10-8-13(9-11-14)12-6-4-3-5-7-12/h3-11,16H,1-2H3. The fraction of sp³-hybridized carbons (Fsp3) is 0.200. The molecule has 0 heterocycles. The summed E-state index contributed by atoms with van der Waals surface area (Å²) in [4.78, 5) is 4.47. The fourth-order valence-corrected chi connectivity index (χ4v) is 1.75. The van der Waals surface area contributed by atoms with Crippen molar-refractivity contribution >= 4 is 0 Å². The maximum Gasteiger partial charge on any atom is 0.123 e. The van der Waals surface area contributed by atoms with Crippen LogP contribution >= 0.6 is 0 Å². The molecule has 0 saturated heterocycles. The Morgan fingerprint density at radius 3 is 1.88 bits per heavy atom. The van der Waals surface area contributed by atoms with E-state index in [-0.39, 0.29) is 0 Å². The Labute approximate surface area is 101 Å². The van der Waals surface area contributed by atoms with Gasteiger partial charge in [0, 0.05) is 0 Å². The van der Waals surface area contributed by atoms with Gasteiger partial charge in [0.05, 0.1) is 0 Å². The van der Waals surface area contributed by atoms with Crippen LogP contribution in [0.4, 0.5) is 0 Å². The fourth-order valence-electron chi connectivity index (χ4n) is 1.75. The molecule has 2 aromatic rings. The third-order valence-corrected chi connectivity index (χ3v) is 2.92. The molecule has 0 aliphatic carbocycles. The van der Waals surface area contributed by atoms with Gasteiger partial charge in [0.25, 0.3) is 0 Å². The lowest BCUT2D eigenvalue weighted by Crippen LogP contribution is -2.19. The average Bonchev–Trinajstić information content (AvgIpc) is 2.40. The van der Waals surface area contributed by atoms with Gasteiger partial charge >= 0.3 is 0 Å². The number of hydrogen-bond acceptors (Lipinski definition) is 2. The minimum atomic E-state index is -0.671. The maximum absolute atomic E-state index is 8.83. The van der Waals surface area contributed by atoms with Crippen LogP contribution in [0, 0.1) is 0 Å². The van der Waals surface area contributed by atoms with Crippen molar-refractivity contribution in [2.75, 3.05) is 0 Å². The van der Waals surface area contributed by atoms with Gasteiger partial charge in [-0.3, -0.25) is 5.26 Å². The normalized spacial score (nSPS) is 11.5. The molecule has 0 aromatic heterocycles. The SMILES string of the molecule is CC(C)(OO)c1ccc(-c2ccccc2)cc1. The Morgan fingerprint density at radius 1 is 0.824 bits per heavy atom. The highest BCUT2D eigenvalue weighted by atomic mass is 17.1. The van der Waals surface area contributed by atoms with Crippen molar-refractivity contribution in [2.24, 2.45) is 0 Å². The first-order chi connectivity index (χ1) is 8.13. The van der Waals surface area contributed by atoms with E-state index in [0.717, 1.165) is 11.1 Å². The minimum Gasteiger partial charge on any atom is -0.251 e. The molecule has 2 rings (SSSR count). The highest BCUT2D eigenvalue weighted by Gasteiger charge is 2.21. The van der Waals surface area contributed by atoms with Crippen molar-refractivity contribution in [2.45, 2.75) is 19.4 Å². The Morgan fingerprint density at radius 2 is 1.35 bits per heavy atom. The molecule has 0 aliphatic rings. The number of benzene rings is 2. The molecular weight excluding hydrogens is 212 g/mol. The van der Waals surface area contributed by atoms with Gasteiger partial charge in [-0.05, 0) is 30.5 Å². The summed E-state index contributed by atoms with van der Waals surface area (Å²) in [5, 5.41) is 8.83. The Balaban J connectivity index is 2.31. The van der Waals surface area contributed by atoms with Crippen LogP contribution in [0.25, 0.3) is 11.1 Å². The summed E-state index contributed by atoms with van der Waals surface area (Å²) < 4.78 is 0. The number of rotatable bonds is 3. The van der Waals surface area contributed by atoms with E-state index in [1.807, 2.05) is 56.3 Å². The summed E-state index contributed by atoms with van der Waals surface area (Å²) in [5.41, 5.74) is 2.61. The van der Waals surface area contributed by atoms with Gasteiger partial charge < -0.3 is 0 Å². The van der Waals surface area contributed by atoms with Gasteiger partial charge in [0.15, 0.2) is 0 Å². The quantitative estimate of drug-likeness (QED) is 0.633. The first-order valence-corrected chi connectivity index (χ1v) is 5.62. The third-order valence-electron chi connectivity index (χ3n) is 2.92. The van der Waals surface area contributed by atoms with Crippen LogP contribution in [-0.4, -0.2) is 5.26 Å². The zero-order chi connectivity index (χ0) is 12.3. The molecule has 2 nitrogen and oxygen atoms in total. The predicted molar refractivity (Wildman–Crippen MR) is 68.6 cm³/mol. The van der Waals surface area contributed by atoms with E-state index in [0.29, 0.717) is 0 Å². The molecular formula is C15H16O2. The monoisotopic (exact) mass is 228 g/mol. The number of hydrogen-bond donors (Lipinski definition) is 1. The summed E-state index contributed by atoms with van der Waals surface area (Å²) in [6.07, 6.45) is 0. The van der Waals surface area contributed by atoms with Gasteiger partial charge in [-0.2, -0.15) is 0 Å². The van der Waals surface area contributed by atoms with Gasteiger partial charge in [0.1, 0.15) is 5.60 Å². The summed E-state index contributed by atoms with van der Waals surface area (Å²) >= 11 is 0. The van der Waals surface area contributed by atoms with Crippen LogP contribution in [0.1, 0.15) is 19.4 Å². The molecule has 0 fully saturated rings. The van der Waals surface area contributed by atoms with Gasteiger partial charge in [-0.15, -0.1) is 0 Å². The van der Waals surface area contributed by atoms with Gasteiger partial charge in [-0.1, -0.05) is 54.6 Å². The van der Waals surface area contributed by atoms with E-state index < -0.39 is 5.60 Å². The predicted octanol–water partition coefficient (Wildman–Crippen LogP) is 4.08. The van der Waals surface area contributed by atoms with E-state index in [4.69, 9.17) is 5.26 Å². The van der Waals surface area contributed by atoms with Crippen LogP contribution in [0.5, 0.6) is 0 Å². The van der Waals surface area contributed by atoms with E-state index in [1.165, 1.54) is 5.56 Å². The Kier molecular flexibility index (Phi) is 3.27. The summed E-state index contributed by atoms with van der Waals surface area (Å²) in [6, 6.07) is 18.2. The topological polar surface area (TPSA) is 29.5 Å². The highest BCUT2D eigenvalue weighted by Crippen LogP contribution is 2.26. The van der Waals surface area contributed by atoms with E-state index in [1.54, 1.807) is 0 Å². The highest BCUT2D eigenvalue weighted by molar-refractivity contribution is 5.63. The van der Waals surface area contributed by atoms with Crippen molar-refractivity contribution in [1.82, 2.24) is 0 Å². The molecule has 0 spiro atoms. The molecule has 17 heavy (non-hydrogen) atoms. The Bertz CT molecular complexity index is 472. The van der Waals surface area contributed by atoms with Crippen LogP contribution < -0.4 is 0 Å².